The molecule has 1 aliphatic heterocycles. The van der Waals surface area contributed by atoms with E-state index in [0.717, 1.165) is 31.5 Å². The standard InChI is InChI=1S/C28H32F2N6O3/c1-17(25-15-31-10-11-32-25)33-27(37)21-16-36(19-5-3-2-4-6-19)12-9-23(21)34-28(38)24-14-26(39-35-24)20-8-7-18(29)13-22(20)30/h7-8,10-11,13-15,17,19,21,23H,2-6,9,12,16H2,1H3,(H,33,37)(H,34,38)/t17-,21+,23+/m1/s1. The zero-order chi connectivity index (χ0) is 27.4. The van der Waals surface area contributed by atoms with Gasteiger partial charge in [-0.25, -0.2) is 8.78 Å². The summed E-state index contributed by atoms with van der Waals surface area (Å²) in [5.41, 5.74) is 0.601. The number of hydrogen-bond acceptors (Lipinski definition) is 7. The summed E-state index contributed by atoms with van der Waals surface area (Å²) in [6.07, 6.45) is 11.2. The zero-order valence-corrected chi connectivity index (χ0v) is 21.8. The van der Waals surface area contributed by atoms with Gasteiger partial charge in [-0.2, -0.15) is 0 Å². The Kier molecular flexibility index (Phi) is 8.25. The van der Waals surface area contributed by atoms with Gasteiger partial charge in [0.25, 0.3) is 5.91 Å². The molecule has 39 heavy (non-hydrogen) atoms. The first-order chi connectivity index (χ1) is 18.9. The van der Waals surface area contributed by atoms with E-state index in [9.17, 15) is 18.4 Å². The zero-order valence-electron chi connectivity index (χ0n) is 21.8. The summed E-state index contributed by atoms with van der Waals surface area (Å²) in [5.74, 6) is -2.72. The SMILES string of the molecule is C[C@@H](NC(=O)[C@H]1CN(C2CCCCC2)CC[C@@H]1NC(=O)c1cc(-c2ccc(F)cc2F)on1)c1cnccn1. The Morgan fingerprint density at radius 2 is 1.92 bits per heavy atom. The Bertz CT molecular complexity index is 1300. The molecule has 3 aromatic rings. The number of likely N-dealkylation sites (tertiary alicyclic amines) is 1. The molecule has 2 aliphatic rings. The number of carbonyl (C=O) groups excluding carboxylic acids is 2. The second-order valence-electron chi connectivity index (χ2n) is 10.3. The maximum absolute atomic E-state index is 14.2. The molecule has 0 unspecified atom stereocenters. The molecule has 1 saturated carbocycles. The molecule has 3 heterocycles. The topological polar surface area (TPSA) is 113 Å². The summed E-state index contributed by atoms with van der Waals surface area (Å²) in [4.78, 5) is 37.4. The van der Waals surface area contributed by atoms with Gasteiger partial charge in [-0.05, 0) is 38.3 Å². The summed E-state index contributed by atoms with van der Waals surface area (Å²) >= 11 is 0. The Morgan fingerprint density at radius 3 is 2.67 bits per heavy atom. The van der Waals surface area contributed by atoms with Gasteiger partial charge in [-0.3, -0.25) is 24.5 Å². The molecule has 2 aromatic heterocycles. The lowest BCUT2D eigenvalue weighted by atomic mass is 9.86. The van der Waals surface area contributed by atoms with Crippen molar-refractivity contribution in [3.05, 3.63) is 65.9 Å². The van der Waals surface area contributed by atoms with Crippen LogP contribution in [0.4, 0.5) is 8.78 Å². The largest absolute Gasteiger partial charge is 0.355 e. The molecule has 1 aliphatic carbocycles. The molecular weight excluding hydrogens is 506 g/mol. The molecule has 5 rings (SSSR count). The molecule has 0 bridgehead atoms. The highest BCUT2D eigenvalue weighted by Crippen LogP contribution is 2.29. The van der Waals surface area contributed by atoms with Gasteiger partial charge in [-0.15, -0.1) is 0 Å². The molecular formula is C28H32F2N6O3. The van der Waals surface area contributed by atoms with E-state index in [2.05, 4.69) is 30.7 Å². The predicted molar refractivity (Wildman–Crippen MR) is 138 cm³/mol. The number of amides is 2. The van der Waals surface area contributed by atoms with E-state index in [0.29, 0.717) is 24.7 Å². The highest BCUT2D eigenvalue weighted by atomic mass is 19.1. The first-order valence-electron chi connectivity index (χ1n) is 13.4. The van der Waals surface area contributed by atoms with Crippen molar-refractivity contribution in [1.82, 2.24) is 30.7 Å². The van der Waals surface area contributed by atoms with Crippen LogP contribution in [0.3, 0.4) is 0 Å². The second kappa shape index (κ2) is 12.0. The number of aromatic nitrogens is 3. The van der Waals surface area contributed by atoms with Crippen LogP contribution in [0.25, 0.3) is 11.3 Å². The van der Waals surface area contributed by atoms with Gasteiger partial charge in [0.05, 0.1) is 29.4 Å². The first kappa shape index (κ1) is 26.9. The van der Waals surface area contributed by atoms with E-state index < -0.39 is 29.5 Å². The summed E-state index contributed by atoms with van der Waals surface area (Å²) < 4.78 is 32.7. The third kappa shape index (κ3) is 6.30. The molecule has 206 valence electrons. The first-order valence-corrected chi connectivity index (χ1v) is 13.4. The molecule has 0 spiro atoms. The van der Waals surface area contributed by atoms with Crippen molar-refractivity contribution in [2.75, 3.05) is 13.1 Å². The summed E-state index contributed by atoms with van der Waals surface area (Å²) in [6, 6.07) is 4.03. The summed E-state index contributed by atoms with van der Waals surface area (Å²) in [6.45, 7) is 3.15. The van der Waals surface area contributed by atoms with Crippen LogP contribution < -0.4 is 10.6 Å². The van der Waals surface area contributed by atoms with Crippen LogP contribution in [0.15, 0.2) is 47.4 Å². The van der Waals surface area contributed by atoms with Gasteiger partial charge in [0.15, 0.2) is 11.5 Å². The van der Waals surface area contributed by atoms with Crippen LogP contribution >= 0.6 is 0 Å². The average molecular weight is 539 g/mol. The number of piperidine rings is 1. The minimum absolute atomic E-state index is 0.000932. The van der Waals surface area contributed by atoms with Crippen LogP contribution in [0, 0.1) is 17.6 Å². The lowest BCUT2D eigenvalue weighted by Crippen LogP contribution is -2.58. The number of rotatable bonds is 7. The van der Waals surface area contributed by atoms with Crippen LogP contribution in [-0.2, 0) is 4.79 Å². The van der Waals surface area contributed by atoms with Crippen molar-refractivity contribution in [3.8, 4) is 11.3 Å². The monoisotopic (exact) mass is 538 g/mol. The molecule has 2 fully saturated rings. The van der Waals surface area contributed by atoms with Crippen molar-refractivity contribution < 1.29 is 22.9 Å². The van der Waals surface area contributed by atoms with Gasteiger partial charge in [0.2, 0.25) is 5.91 Å². The average Bonchev–Trinajstić information content (AvgIpc) is 3.44. The van der Waals surface area contributed by atoms with Crippen molar-refractivity contribution in [2.45, 2.75) is 63.6 Å². The van der Waals surface area contributed by atoms with E-state index in [1.54, 1.807) is 18.6 Å². The van der Waals surface area contributed by atoms with Crippen molar-refractivity contribution >= 4 is 11.8 Å². The van der Waals surface area contributed by atoms with Gasteiger partial charge in [0, 0.05) is 49.7 Å². The van der Waals surface area contributed by atoms with Crippen LogP contribution in [0.2, 0.25) is 0 Å². The molecule has 0 radical (unpaired) electrons. The Labute approximate surface area is 225 Å². The van der Waals surface area contributed by atoms with Crippen molar-refractivity contribution in [3.63, 3.8) is 0 Å². The minimum Gasteiger partial charge on any atom is -0.355 e. The smallest absolute Gasteiger partial charge is 0.273 e. The lowest BCUT2D eigenvalue weighted by Gasteiger charge is -2.43. The number of hydrogen-bond donors (Lipinski definition) is 2. The number of halogens is 2. The van der Waals surface area contributed by atoms with Crippen LogP contribution in [-0.4, -0.2) is 57.0 Å². The van der Waals surface area contributed by atoms with E-state index in [4.69, 9.17) is 4.52 Å². The van der Waals surface area contributed by atoms with Crippen LogP contribution in [0.1, 0.15) is 67.7 Å². The van der Waals surface area contributed by atoms with Gasteiger partial charge < -0.3 is 15.2 Å². The Morgan fingerprint density at radius 1 is 1.10 bits per heavy atom. The van der Waals surface area contributed by atoms with Gasteiger partial charge >= 0.3 is 0 Å². The van der Waals surface area contributed by atoms with Crippen molar-refractivity contribution in [2.24, 2.45) is 5.92 Å². The summed E-state index contributed by atoms with van der Waals surface area (Å²) in [7, 11) is 0. The van der Waals surface area contributed by atoms with Gasteiger partial charge in [0.1, 0.15) is 11.6 Å². The van der Waals surface area contributed by atoms with E-state index >= 15 is 0 Å². The maximum Gasteiger partial charge on any atom is 0.273 e. The number of carbonyl (C=O) groups is 2. The molecule has 9 nitrogen and oxygen atoms in total. The Balaban J connectivity index is 1.31. The normalized spacial score (nSPS) is 21.3. The van der Waals surface area contributed by atoms with E-state index in [1.807, 2.05) is 6.92 Å². The number of benzene rings is 1. The highest BCUT2D eigenvalue weighted by molar-refractivity contribution is 5.94. The fourth-order valence-corrected chi connectivity index (χ4v) is 5.56. The third-order valence-electron chi connectivity index (χ3n) is 7.71. The fourth-order valence-electron chi connectivity index (χ4n) is 5.56. The number of nitrogens with one attached hydrogen (secondary N) is 2. The molecule has 2 amide bonds. The maximum atomic E-state index is 14.2. The molecule has 3 atom stereocenters. The number of nitrogens with zero attached hydrogens (tertiary/aromatic N) is 4. The third-order valence-corrected chi connectivity index (χ3v) is 7.71. The molecule has 1 aromatic carbocycles. The summed E-state index contributed by atoms with van der Waals surface area (Å²) in [5, 5.41) is 9.80. The quantitative estimate of drug-likeness (QED) is 0.467. The van der Waals surface area contributed by atoms with Crippen LogP contribution in [0.5, 0.6) is 0 Å². The van der Waals surface area contributed by atoms with Crippen molar-refractivity contribution in [1.29, 1.82) is 0 Å². The highest BCUT2D eigenvalue weighted by Gasteiger charge is 2.38. The van der Waals surface area contributed by atoms with Gasteiger partial charge in [-0.1, -0.05) is 24.4 Å². The lowest BCUT2D eigenvalue weighted by molar-refractivity contribution is -0.128. The molecule has 1 saturated heterocycles. The van der Waals surface area contributed by atoms with E-state index in [-0.39, 0.29) is 29.0 Å². The van der Waals surface area contributed by atoms with E-state index in [1.165, 1.54) is 31.4 Å². The fraction of sp³-hybridized carbons (Fsp3) is 0.464. The Hall–Kier alpha value is -3.73. The molecule has 11 heteroatoms. The second-order valence-corrected chi connectivity index (χ2v) is 10.3. The minimum atomic E-state index is -0.817. The predicted octanol–water partition coefficient (Wildman–Crippen LogP) is 4.04. The molecule has 2 N–H and O–H groups in total.